The van der Waals surface area contributed by atoms with Gasteiger partial charge >= 0.3 is 0 Å². The molecule has 6 heteroatoms. The Kier molecular flexibility index (Phi) is 4.52. The topological polar surface area (TPSA) is 106 Å². The zero-order valence-corrected chi connectivity index (χ0v) is 15.4. The molecule has 4 aromatic rings. The molecule has 1 heterocycles. The molecule has 5 N–H and O–H groups in total. The second-order valence-corrected chi connectivity index (χ2v) is 6.68. The highest BCUT2D eigenvalue weighted by molar-refractivity contribution is 5.91. The summed E-state index contributed by atoms with van der Waals surface area (Å²) in [5.41, 5.74) is 2.10. The molecule has 29 heavy (non-hydrogen) atoms. The summed E-state index contributed by atoms with van der Waals surface area (Å²) < 4.78 is 5.69. The average Bonchev–Trinajstić information content (AvgIpc) is 3.02. The second-order valence-electron chi connectivity index (χ2n) is 6.68. The maximum Gasteiger partial charge on any atom is 0.201 e. The van der Waals surface area contributed by atoms with Gasteiger partial charge in [0.25, 0.3) is 0 Å². The van der Waals surface area contributed by atoms with E-state index in [1.54, 1.807) is 18.2 Å². The first-order valence-electron chi connectivity index (χ1n) is 8.90. The zero-order chi connectivity index (χ0) is 20.5. The molecule has 0 radical (unpaired) electrons. The molecule has 146 valence electrons. The van der Waals surface area contributed by atoms with Crippen molar-refractivity contribution in [3.05, 3.63) is 76.3 Å². The third-order valence-electron chi connectivity index (χ3n) is 4.68. The third kappa shape index (κ3) is 3.43. The van der Waals surface area contributed by atoms with Gasteiger partial charge in [-0.3, -0.25) is 0 Å². The quantitative estimate of drug-likeness (QED) is 0.345. The Morgan fingerprint density at radius 2 is 1.66 bits per heavy atom. The van der Waals surface area contributed by atoms with Crippen molar-refractivity contribution < 1.29 is 25.2 Å². The summed E-state index contributed by atoms with van der Waals surface area (Å²) in [4.78, 5) is 3.14. The first-order chi connectivity index (χ1) is 13.9. The Morgan fingerprint density at radius 1 is 0.897 bits per heavy atom. The van der Waals surface area contributed by atoms with E-state index in [0.717, 1.165) is 5.56 Å². The van der Waals surface area contributed by atoms with Gasteiger partial charge in [-0.05, 0) is 29.3 Å². The van der Waals surface area contributed by atoms with Gasteiger partial charge in [-0.15, -0.1) is 0 Å². The maximum atomic E-state index is 10.5. The second kappa shape index (κ2) is 7.16. The summed E-state index contributed by atoms with van der Waals surface area (Å²) in [6, 6.07) is 15.5. The van der Waals surface area contributed by atoms with Crippen LogP contribution in [0, 0.1) is 0 Å². The number of H-pyrrole nitrogens is 1. The highest BCUT2D eigenvalue weighted by atomic mass is 16.5. The first kappa shape index (κ1) is 18.3. The number of hydrogen-bond donors (Lipinski definition) is 5. The molecular formula is C23H19NO5. The maximum absolute atomic E-state index is 10.5. The van der Waals surface area contributed by atoms with Gasteiger partial charge in [0.1, 0.15) is 6.61 Å². The van der Waals surface area contributed by atoms with Gasteiger partial charge in [-0.25, -0.2) is 0 Å². The van der Waals surface area contributed by atoms with Gasteiger partial charge in [0.15, 0.2) is 23.0 Å². The van der Waals surface area contributed by atoms with E-state index in [4.69, 9.17) is 4.74 Å². The van der Waals surface area contributed by atoms with Crippen LogP contribution in [0.4, 0.5) is 0 Å². The van der Waals surface area contributed by atoms with E-state index in [1.807, 2.05) is 30.3 Å². The standard InChI is InChI=1S/C23H19NO5/c1-13-16(9-15-7-8-18(25)19(26)10-15)24-17-11-20(22(27)23(28)21(13)17)29-12-14-5-3-2-4-6-14/h2-11,24-28H,1,12H2/b16-9-. The summed E-state index contributed by atoms with van der Waals surface area (Å²) in [7, 11) is 0. The molecule has 4 rings (SSSR count). The van der Waals surface area contributed by atoms with Gasteiger partial charge in [0, 0.05) is 16.6 Å². The molecular weight excluding hydrogens is 370 g/mol. The summed E-state index contributed by atoms with van der Waals surface area (Å²) in [6.07, 6.45) is 1.71. The Bertz CT molecular complexity index is 1310. The fraction of sp³-hybridized carbons (Fsp3) is 0.0435. The fourth-order valence-corrected chi connectivity index (χ4v) is 3.16. The highest BCUT2D eigenvalue weighted by Crippen LogP contribution is 2.40. The molecule has 0 fully saturated rings. The van der Waals surface area contributed by atoms with Crippen molar-refractivity contribution in [1.82, 2.24) is 4.98 Å². The molecule has 1 aromatic heterocycles. The van der Waals surface area contributed by atoms with Crippen LogP contribution in [0.3, 0.4) is 0 Å². The Morgan fingerprint density at radius 3 is 2.38 bits per heavy atom. The molecule has 0 amide bonds. The number of hydrogen-bond acceptors (Lipinski definition) is 5. The molecule has 0 bridgehead atoms. The zero-order valence-electron chi connectivity index (χ0n) is 15.4. The lowest BCUT2D eigenvalue weighted by Gasteiger charge is -2.10. The number of aromatic nitrogens is 1. The highest BCUT2D eigenvalue weighted by Gasteiger charge is 2.16. The number of phenolic OH excluding ortho intramolecular Hbond substituents is 4. The molecule has 0 aliphatic heterocycles. The fourth-order valence-electron chi connectivity index (χ4n) is 3.16. The largest absolute Gasteiger partial charge is 0.504 e. The molecule has 0 unspecified atom stereocenters. The number of aromatic amines is 1. The number of benzene rings is 3. The summed E-state index contributed by atoms with van der Waals surface area (Å²) in [5, 5.41) is 41.4. The molecule has 0 saturated carbocycles. The van der Waals surface area contributed by atoms with Gasteiger partial charge in [0.05, 0.1) is 10.9 Å². The number of phenols is 4. The number of nitrogens with one attached hydrogen (secondary N) is 1. The Hall–Kier alpha value is -4.06. The van der Waals surface area contributed by atoms with Crippen LogP contribution in [0.2, 0.25) is 0 Å². The molecule has 0 atom stereocenters. The van der Waals surface area contributed by atoms with E-state index in [9.17, 15) is 20.4 Å². The molecule has 0 aliphatic rings. The van der Waals surface area contributed by atoms with Crippen LogP contribution in [-0.2, 0) is 6.61 Å². The number of aromatic hydroxyl groups is 4. The van der Waals surface area contributed by atoms with Crippen molar-refractivity contribution in [2.75, 3.05) is 0 Å². The van der Waals surface area contributed by atoms with E-state index in [2.05, 4.69) is 11.6 Å². The van der Waals surface area contributed by atoms with Crippen molar-refractivity contribution in [2.24, 2.45) is 0 Å². The number of fused-ring (bicyclic) bond motifs is 1. The van der Waals surface area contributed by atoms with Crippen LogP contribution < -0.4 is 15.3 Å². The van der Waals surface area contributed by atoms with E-state index < -0.39 is 0 Å². The van der Waals surface area contributed by atoms with Crippen LogP contribution >= 0.6 is 0 Å². The molecule has 0 spiro atoms. The van der Waals surface area contributed by atoms with Crippen molar-refractivity contribution in [3.8, 4) is 28.7 Å². The van der Waals surface area contributed by atoms with E-state index >= 15 is 0 Å². The summed E-state index contributed by atoms with van der Waals surface area (Å²) in [5.74, 6) is -0.978. The SMILES string of the molecule is C=c1/c(=C/c2ccc(O)c(O)c2)[nH]c2cc(OCc3ccccc3)c(O)c(O)c12. The van der Waals surface area contributed by atoms with Crippen molar-refractivity contribution in [3.63, 3.8) is 0 Å². The van der Waals surface area contributed by atoms with Crippen molar-refractivity contribution >= 4 is 23.6 Å². The lowest BCUT2D eigenvalue weighted by atomic mass is 10.1. The lowest BCUT2D eigenvalue weighted by molar-refractivity contribution is 0.284. The smallest absolute Gasteiger partial charge is 0.201 e. The first-order valence-corrected chi connectivity index (χ1v) is 8.90. The monoisotopic (exact) mass is 389 g/mol. The molecule has 6 nitrogen and oxygen atoms in total. The van der Waals surface area contributed by atoms with Crippen LogP contribution in [0.5, 0.6) is 28.7 Å². The molecule has 0 aliphatic carbocycles. The van der Waals surface area contributed by atoms with E-state index in [-0.39, 0.29) is 35.4 Å². The van der Waals surface area contributed by atoms with Crippen molar-refractivity contribution in [1.29, 1.82) is 0 Å². The van der Waals surface area contributed by atoms with Crippen LogP contribution in [-0.4, -0.2) is 25.4 Å². The van der Waals surface area contributed by atoms with Crippen LogP contribution in [0.1, 0.15) is 11.1 Å². The average molecular weight is 389 g/mol. The molecule has 3 aromatic carbocycles. The number of ether oxygens (including phenoxy) is 1. The van der Waals surface area contributed by atoms with Crippen LogP contribution in [0.25, 0.3) is 23.6 Å². The lowest BCUT2D eigenvalue weighted by Crippen LogP contribution is -2.20. The van der Waals surface area contributed by atoms with Gasteiger partial charge < -0.3 is 30.1 Å². The minimum Gasteiger partial charge on any atom is -0.504 e. The summed E-state index contributed by atoms with van der Waals surface area (Å²) in [6.45, 7) is 4.22. The Balaban J connectivity index is 1.77. The van der Waals surface area contributed by atoms with Gasteiger partial charge in [-0.2, -0.15) is 0 Å². The normalized spacial score (nSPS) is 11.8. The summed E-state index contributed by atoms with van der Waals surface area (Å²) >= 11 is 0. The number of rotatable bonds is 4. The van der Waals surface area contributed by atoms with Gasteiger partial charge in [0.2, 0.25) is 5.75 Å². The third-order valence-corrected chi connectivity index (χ3v) is 4.68. The predicted octanol–water partition coefficient (Wildman–Crippen LogP) is 2.81. The van der Waals surface area contributed by atoms with E-state index in [0.29, 0.717) is 27.0 Å². The minimum absolute atomic E-state index is 0.147. The van der Waals surface area contributed by atoms with Crippen molar-refractivity contribution in [2.45, 2.75) is 6.61 Å². The predicted molar refractivity (Wildman–Crippen MR) is 111 cm³/mol. The van der Waals surface area contributed by atoms with Crippen LogP contribution in [0.15, 0.2) is 54.6 Å². The Labute approximate surface area is 165 Å². The molecule has 0 saturated heterocycles. The minimum atomic E-state index is -0.355. The van der Waals surface area contributed by atoms with Gasteiger partial charge in [-0.1, -0.05) is 43.0 Å². The van der Waals surface area contributed by atoms with E-state index in [1.165, 1.54) is 12.1 Å².